The minimum absolute atomic E-state index is 0.116. The predicted octanol–water partition coefficient (Wildman–Crippen LogP) is 5.34. The summed E-state index contributed by atoms with van der Waals surface area (Å²) in [5.74, 6) is -0.767. The molecule has 2 aromatic carbocycles. The molecule has 1 unspecified atom stereocenters. The molecular weight excluding hydrogens is 465 g/mol. The fourth-order valence-corrected chi connectivity index (χ4v) is 5.16. The van der Waals surface area contributed by atoms with Crippen LogP contribution in [-0.4, -0.2) is 23.6 Å². The molecule has 1 aliphatic rings. The van der Waals surface area contributed by atoms with Crippen molar-refractivity contribution in [1.29, 1.82) is 5.26 Å². The maximum atomic E-state index is 13.5. The zero-order valence-electron chi connectivity index (χ0n) is 17.6. The largest absolute Gasteiger partial charge is 0.348 e. The maximum Gasteiger partial charge on any atom is 0.264 e. The SMILES string of the molecule is C=CCNC(=O)/C(C#N)=C1\SC(Cc2cc(Cl)cc(Cl)c2)C(=O)N1c1ccc(C)c(C)c1. The monoisotopic (exact) mass is 485 g/mol. The average molecular weight is 486 g/mol. The van der Waals surface area contributed by atoms with Gasteiger partial charge in [-0.1, -0.05) is 47.1 Å². The predicted molar refractivity (Wildman–Crippen MR) is 131 cm³/mol. The molecular formula is C24H21Cl2N3O2S. The van der Waals surface area contributed by atoms with Crippen LogP contribution in [0.4, 0.5) is 5.69 Å². The number of thioether (sulfide) groups is 1. The van der Waals surface area contributed by atoms with Crippen molar-refractivity contribution in [3.63, 3.8) is 0 Å². The van der Waals surface area contributed by atoms with Gasteiger partial charge in [0.15, 0.2) is 0 Å². The molecule has 0 spiro atoms. The second-order valence-electron chi connectivity index (χ2n) is 7.32. The number of hydrogen-bond acceptors (Lipinski definition) is 4. The van der Waals surface area contributed by atoms with E-state index in [-0.39, 0.29) is 18.0 Å². The van der Waals surface area contributed by atoms with Crippen molar-refractivity contribution in [2.45, 2.75) is 25.5 Å². The molecule has 1 aliphatic heterocycles. The van der Waals surface area contributed by atoms with E-state index in [0.29, 0.717) is 27.2 Å². The zero-order valence-corrected chi connectivity index (χ0v) is 19.9. The van der Waals surface area contributed by atoms with Crippen LogP contribution in [-0.2, 0) is 16.0 Å². The van der Waals surface area contributed by atoms with Crippen molar-refractivity contribution in [2.24, 2.45) is 0 Å². The highest BCUT2D eigenvalue weighted by Crippen LogP contribution is 2.42. The van der Waals surface area contributed by atoms with Crippen LogP contribution >= 0.6 is 35.0 Å². The summed E-state index contributed by atoms with van der Waals surface area (Å²) in [6.45, 7) is 7.71. The lowest BCUT2D eigenvalue weighted by Crippen LogP contribution is -2.32. The number of carbonyl (C=O) groups excluding carboxylic acids is 2. The Morgan fingerprint density at radius 3 is 2.50 bits per heavy atom. The van der Waals surface area contributed by atoms with Crippen LogP contribution in [0, 0.1) is 25.2 Å². The molecule has 0 aliphatic carbocycles. The summed E-state index contributed by atoms with van der Waals surface area (Å²) in [4.78, 5) is 27.6. The van der Waals surface area contributed by atoms with E-state index in [4.69, 9.17) is 23.2 Å². The van der Waals surface area contributed by atoms with Gasteiger partial charge >= 0.3 is 0 Å². The Bertz CT molecular complexity index is 1150. The lowest BCUT2D eigenvalue weighted by atomic mass is 10.1. The van der Waals surface area contributed by atoms with E-state index in [1.54, 1.807) is 18.2 Å². The number of carbonyl (C=O) groups is 2. The first-order valence-corrected chi connectivity index (χ1v) is 11.4. The number of aryl methyl sites for hydroxylation is 2. The van der Waals surface area contributed by atoms with E-state index in [1.807, 2.05) is 38.1 Å². The van der Waals surface area contributed by atoms with Gasteiger partial charge in [0.1, 0.15) is 16.7 Å². The fourth-order valence-electron chi connectivity index (χ4n) is 3.28. The van der Waals surface area contributed by atoms with Crippen LogP contribution in [0.3, 0.4) is 0 Å². The van der Waals surface area contributed by atoms with Crippen molar-refractivity contribution in [3.05, 3.63) is 86.4 Å². The van der Waals surface area contributed by atoms with Crippen molar-refractivity contribution in [2.75, 3.05) is 11.4 Å². The van der Waals surface area contributed by atoms with Gasteiger partial charge in [-0.25, -0.2) is 0 Å². The Morgan fingerprint density at radius 2 is 1.91 bits per heavy atom. The van der Waals surface area contributed by atoms with Crippen LogP contribution < -0.4 is 10.2 Å². The molecule has 1 atom stereocenters. The molecule has 2 aromatic rings. The Hall–Kier alpha value is -2.72. The minimum atomic E-state index is -0.553. The molecule has 0 radical (unpaired) electrons. The Balaban J connectivity index is 2.07. The molecule has 2 amide bonds. The van der Waals surface area contributed by atoms with E-state index in [2.05, 4.69) is 11.9 Å². The summed E-state index contributed by atoms with van der Waals surface area (Å²) in [7, 11) is 0. The first kappa shape index (κ1) is 23.9. The van der Waals surface area contributed by atoms with E-state index in [0.717, 1.165) is 16.7 Å². The second-order valence-corrected chi connectivity index (χ2v) is 9.39. The first-order valence-electron chi connectivity index (χ1n) is 9.81. The molecule has 1 N–H and O–H groups in total. The van der Waals surface area contributed by atoms with Gasteiger partial charge in [0.05, 0.1) is 5.25 Å². The fraction of sp³-hybridized carbons (Fsp3) is 0.208. The molecule has 0 saturated carbocycles. The summed E-state index contributed by atoms with van der Waals surface area (Å²) < 4.78 is 0. The van der Waals surface area contributed by atoms with Gasteiger partial charge in [0, 0.05) is 22.3 Å². The average Bonchev–Trinajstić information content (AvgIpc) is 3.04. The number of anilines is 1. The smallest absolute Gasteiger partial charge is 0.264 e. The molecule has 32 heavy (non-hydrogen) atoms. The summed E-state index contributed by atoms with van der Waals surface area (Å²) in [6, 6.07) is 12.7. The summed E-state index contributed by atoms with van der Waals surface area (Å²) >= 11 is 13.4. The summed E-state index contributed by atoms with van der Waals surface area (Å²) in [6.07, 6.45) is 1.87. The van der Waals surface area contributed by atoms with Crippen LogP contribution in [0.5, 0.6) is 0 Å². The van der Waals surface area contributed by atoms with Crippen molar-refractivity contribution >= 4 is 52.5 Å². The van der Waals surface area contributed by atoms with Crippen LogP contribution in [0.2, 0.25) is 10.0 Å². The number of nitriles is 1. The number of nitrogens with zero attached hydrogens (tertiary/aromatic N) is 2. The molecule has 3 rings (SSSR count). The Morgan fingerprint density at radius 1 is 1.22 bits per heavy atom. The van der Waals surface area contributed by atoms with E-state index in [1.165, 1.54) is 22.7 Å². The number of nitrogens with one attached hydrogen (secondary N) is 1. The Labute approximate surface area is 201 Å². The van der Waals surface area contributed by atoms with Gasteiger partial charge in [-0.3, -0.25) is 14.5 Å². The second kappa shape index (κ2) is 10.3. The molecule has 1 heterocycles. The highest BCUT2D eigenvalue weighted by atomic mass is 35.5. The Kier molecular flexibility index (Phi) is 7.68. The lowest BCUT2D eigenvalue weighted by molar-refractivity contribution is -0.117. The summed E-state index contributed by atoms with van der Waals surface area (Å²) in [5, 5.41) is 13.1. The van der Waals surface area contributed by atoms with Gasteiger partial charge in [0.25, 0.3) is 5.91 Å². The molecule has 5 nitrogen and oxygen atoms in total. The van der Waals surface area contributed by atoms with E-state index < -0.39 is 11.2 Å². The van der Waals surface area contributed by atoms with Crippen molar-refractivity contribution < 1.29 is 9.59 Å². The number of amides is 2. The van der Waals surface area contributed by atoms with Gasteiger partial charge in [-0.15, -0.1) is 6.58 Å². The van der Waals surface area contributed by atoms with Gasteiger partial charge < -0.3 is 5.32 Å². The number of halogens is 2. The number of hydrogen-bond donors (Lipinski definition) is 1. The van der Waals surface area contributed by atoms with E-state index in [9.17, 15) is 14.9 Å². The molecule has 0 aromatic heterocycles. The van der Waals surface area contributed by atoms with Crippen molar-refractivity contribution in [3.8, 4) is 6.07 Å². The first-order chi connectivity index (χ1) is 15.2. The van der Waals surface area contributed by atoms with Crippen LogP contribution in [0.15, 0.2) is 59.7 Å². The zero-order chi connectivity index (χ0) is 23.4. The minimum Gasteiger partial charge on any atom is -0.348 e. The quantitative estimate of drug-likeness (QED) is 0.340. The van der Waals surface area contributed by atoms with Crippen LogP contribution in [0.1, 0.15) is 16.7 Å². The molecule has 164 valence electrons. The van der Waals surface area contributed by atoms with E-state index >= 15 is 0 Å². The van der Waals surface area contributed by atoms with Gasteiger partial charge in [-0.2, -0.15) is 5.26 Å². The molecule has 8 heteroatoms. The van der Waals surface area contributed by atoms with Gasteiger partial charge in [-0.05, 0) is 67.3 Å². The molecule has 1 fully saturated rings. The molecule has 1 saturated heterocycles. The third-order valence-electron chi connectivity index (χ3n) is 5.00. The van der Waals surface area contributed by atoms with Crippen LogP contribution in [0.25, 0.3) is 0 Å². The van der Waals surface area contributed by atoms with Crippen molar-refractivity contribution in [1.82, 2.24) is 5.32 Å². The number of benzene rings is 2. The maximum absolute atomic E-state index is 13.5. The standard InChI is InChI=1S/C24H21Cl2N3O2S/c1-4-7-28-22(30)20(13-27)24-29(19-6-5-14(2)15(3)8-19)23(31)21(32-24)11-16-9-17(25)12-18(26)10-16/h4-6,8-10,12,21H,1,7,11H2,2-3H3,(H,28,30)/b24-20-. The third-order valence-corrected chi connectivity index (χ3v) is 6.70. The molecule has 0 bridgehead atoms. The summed E-state index contributed by atoms with van der Waals surface area (Å²) in [5.41, 5.74) is 3.36. The number of rotatable bonds is 6. The topological polar surface area (TPSA) is 73.2 Å². The highest BCUT2D eigenvalue weighted by molar-refractivity contribution is 8.05. The lowest BCUT2D eigenvalue weighted by Gasteiger charge is -2.19. The third kappa shape index (κ3) is 5.18. The normalized spacial score (nSPS) is 17.2. The highest BCUT2D eigenvalue weighted by Gasteiger charge is 2.40. The van der Waals surface area contributed by atoms with Gasteiger partial charge in [0.2, 0.25) is 5.91 Å².